The maximum absolute atomic E-state index is 12.0. The average molecular weight is 408 g/mol. The van der Waals surface area contributed by atoms with E-state index in [1.807, 2.05) is 30.5 Å². The number of carbonyl (C=O) groups excluding carboxylic acids is 1. The Labute approximate surface area is 170 Å². The Morgan fingerprint density at radius 2 is 2.04 bits per heavy atom. The van der Waals surface area contributed by atoms with Gasteiger partial charge in [0.25, 0.3) is 0 Å². The molecule has 0 saturated heterocycles. The molecule has 138 valence electrons. The van der Waals surface area contributed by atoms with Crippen LogP contribution in [0.4, 0.5) is 4.79 Å². The monoisotopic (exact) mass is 407 g/mol. The molecule has 0 spiro atoms. The fourth-order valence-electron chi connectivity index (χ4n) is 3.21. The molecule has 2 unspecified atom stereocenters. The predicted molar refractivity (Wildman–Crippen MR) is 109 cm³/mol. The van der Waals surface area contributed by atoms with Crippen molar-refractivity contribution in [2.45, 2.75) is 18.9 Å². The molecule has 8 heteroatoms. The molecule has 3 aromatic rings. The van der Waals surface area contributed by atoms with Gasteiger partial charge in [0, 0.05) is 28.4 Å². The third-order valence-electron chi connectivity index (χ3n) is 4.56. The molecule has 2 atom stereocenters. The summed E-state index contributed by atoms with van der Waals surface area (Å²) >= 11 is 7.79. The van der Waals surface area contributed by atoms with Gasteiger partial charge in [-0.05, 0) is 25.1 Å². The van der Waals surface area contributed by atoms with E-state index >= 15 is 0 Å². The highest BCUT2D eigenvalue weighted by atomic mass is 35.5. The largest absolute Gasteiger partial charge is 0.341 e. The van der Waals surface area contributed by atoms with Crippen LogP contribution < -0.4 is 5.32 Å². The number of pyridine rings is 1. The summed E-state index contributed by atoms with van der Waals surface area (Å²) in [4.78, 5) is 25.0. The highest BCUT2D eigenvalue weighted by Gasteiger charge is 2.36. The van der Waals surface area contributed by atoms with Crippen LogP contribution >= 0.6 is 22.9 Å². The van der Waals surface area contributed by atoms with Crippen molar-refractivity contribution in [1.82, 2.24) is 15.3 Å². The van der Waals surface area contributed by atoms with E-state index in [0.29, 0.717) is 16.4 Å². The molecule has 2 aromatic heterocycles. The topological polar surface area (TPSA) is 91.0 Å². The first kappa shape index (κ1) is 18.3. The molecule has 0 saturated carbocycles. The number of aliphatic imine (C=N–C) groups is 1. The van der Waals surface area contributed by atoms with Gasteiger partial charge < -0.3 is 5.32 Å². The first-order chi connectivity index (χ1) is 13.6. The van der Waals surface area contributed by atoms with Crippen LogP contribution in [0.2, 0.25) is 5.15 Å². The van der Waals surface area contributed by atoms with E-state index in [0.717, 1.165) is 21.8 Å². The second-order valence-corrected chi connectivity index (χ2v) is 7.55. The summed E-state index contributed by atoms with van der Waals surface area (Å²) in [5, 5.41) is 15.0. The van der Waals surface area contributed by atoms with Gasteiger partial charge in [0.15, 0.2) is 0 Å². The molecule has 0 aliphatic carbocycles. The van der Waals surface area contributed by atoms with E-state index in [2.05, 4.69) is 21.4 Å². The van der Waals surface area contributed by atoms with E-state index in [1.54, 1.807) is 24.4 Å². The Morgan fingerprint density at radius 3 is 2.75 bits per heavy atom. The third kappa shape index (κ3) is 3.40. The lowest BCUT2D eigenvalue weighted by Gasteiger charge is -2.30. The lowest BCUT2D eigenvalue weighted by molar-refractivity contribution is 0.243. The van der Waals surface area contributed by atoms with Crippen molar-refractivity contribution < 1.29 is 4.79 Å². The van der Waals surface area contributed by atoms with E-state index < -0.39 is 12.1 Å². The van der Waals surface area contributed by atoms with Gasteiger partial charge in [-0.25, -0.2) is 19.8 Å². The number of rotatable bonds is 3. The Morgan fingerprint density at radius 1 is 1.25 bits per heavy atom. The number of hydrogen-bond acceptors (Lipinski definition) is 5. The number of carbonyl (C=O) groups is 1. The van der Waals surface area contributed by atoms with Gasteiger partial charge in [-0.15, -0.1) is 11.3 Å². The lowest BCUT2D eigenvalue weighted by Crippen LogP contribution is -2.38. The van der Waals surface area contributed by atoms with Crippen LogP contribution in [-0.4, -0.2) is 21.7 Å². The SMILES string of the molecule is CC1=NC(=O)NC(c2cccnc2Cl)C1c1nc(-c2ccc(C#N)cc2)cs1. The van der Waals surface area contributed by atoms with Crippen molar-refractivity contribution in [3.05, 3.63) is 69.3 Å². The Hall–Kier alpha value is -3.08. The maximum Gasteiger partial charge on any atom is 0.341 e. The zero-order valence-electron chi connectivity index (χ0n) is 14.8. The molecule has 1 aliphatic heterocycles. The van der Waals surface area contributed by atoms with Crippen molar-refractivity contribution in [3.8, 4) is 17.3 Å². The smallest absolute Gasteiger partial charge is 0.328 e. The van der Waals surface area contributed by atoms with Gasteiger partial charge in [0.05, 0.1) is 29.3 Å². The molecule has 0 fully saturated rings. The highest BCUT2D eigenvalue weighted by molar-refractivity contribution is 7.10. The standard InChI is InChI=1S/C20H14ClN5OS/c1-11-16(17(26-20(27)24-11)14-3-2-8-23-18(14)21)19-25-15(10-28-19)13-6-4-12(9-22)5-7-13/h2-8,10,16-17H,1H3,(H,26,27). The van der Waals surface area contributed by atoms with Gasteiger partial charge in [0.1, 0.15) is 10.2 Å². The van der Waals surface area contributed by atoms with Gasteiger partial charge >= 0.3 is 6.03 Å². The van der Waals surface area contributed by atoms with Gasteiger partial charge in [-0.3, -0.25) is 0 Å². The summed E-state index contributed by atoms with van der Waals surface area (Å²) in [5.41, 5.74) is 3.74. The molecule has 1 aliphatic rings. The van der Waals surface area contributed by atoms with Gasteiger partial charge in [-0.1, -0.05) is 29.8 Å². The minimum atomic E-state index is -0.400. The zero-order chi connectivity index (χ0) is 19.7. The average Bonchev–Trinajstić information content (AvgIpc) is 3.17. The number of nitrogens with one attached hydrogen (secondary N) is 1. The van der Waals surface area contributed by atoms with E-state index in [1.165, 1.54) is 11.3 Å². The highest BCUT2D eigenvalue weighted by Crippen LogP contribution is 2.39. The molecule has 1 aromatic carbocycles. The normalized spacial score (nSPS) is 18.9. The molecule has 0 radical (unpaired) electrons. The number of hydrogen-bond donors (Lipinski definition) is 1. The van der Waals surface area contributed by atoms with Crippen LogP contribution in [-0.2, 0) is 0 Å². The Balaban J connectivity index is 1.74. The summed E-state index contributed by atoms with van der Waals surface area (Å²) < 4.78 is 0. The quantitative estimate of drug-likeness (QED) is 0.635. The summed E-state index contributed by atoms with van der Waals surface area (Å²) in [6.45, 7) is 1.82. The van der Waals surface area contributed by atoms with Gasteiger partial charge in [-0.2, -0.15) is 5.26 Å². The molecule has 28 heavy (non-hydrogen) atoms. The molecule has 4 rings (SSSR count). The van der Waals surface area contributed by atoms with Gasteiger partial charge in [0.2, 0.25) is 0 Å². The number of thiazole rings is 1. The van der Waals surface area contributed by atoms with Crippen molar-refractivity contribution in [2.75, 3.05) is 0 Å². The number of amides is 2. The fraction of sp³-hybridized carbons (Fsp3) is 0.150. The summed E-state index contributed by atoms with van der Waals surface area (Å²) in [6, 6.07) is 12.2. The minimum absolute atomic E-state index is 0.239. The predicted octanol–water partition coefficient (Wildman–Crippen LogP) is 4.74. The van der Waals surface area contributed by atoms with Crippen LogP contribution in [0.5, 0.6) is 0 Å². The van der Waals surface area contributed by atoms with Crippen LogP contribution in [0.15, 0.2) is 53.0 Å². The number of benzene rings is 1. The summed E-state index contributed by atoms with van der Waals surface area (Å²) in [7, 11) is 0. The molecule has 0 bridgehead atoms. The number of aromatic nitrogens is 2. The number of nitriles is 1. The van der Waals surface area contributed by atoms with Crippen molar-refractivity contribution in [3.63, 3.8) is 0 Å². The zero-order valence-corrected chi connectivity index (χ0v) is 16.3. The van der Waals surface area contributed by atoms with Crippen molar-refractivity contribution in [2.24, 2.45) is 4.99 Å². The molecule has 3 heterocycles. The lowest BCUT2D eigenvalue weighted by atomic mass is 9.89. The molecular formula is C20H14ClN5OS. The van der Waals surface area contributed by atoms with Crippen molar-refractivity contribution in [1.29, 1.82) is 5.26 Å². The second-order valence-electron chi connectivity index (χ2n) is 6.30. The molecular weight excluding hydrogens is 394 g/mol. The second kappa shape index (κ2) is 7.50. The van der Waals surface area contributed by atoms with E-state index in [-0.39, 0.29) is 5.92 Å². The summed E-state index contributed by atoms with van der Waals surface area (Å²) in [6.07, 6.45) is 1.61. The van der Waals surface area contributed by atoms with E-state index in [9.17, 15) is 4.79 Å². The van der Waals surface area contributed by atoms with Crippen LogP contribution in [0.1, 0.15) is 35.0 Å². The third-order valence-corrected chi connectivity index (χ3v) is 5.80. The number of urea groups is 1. The number of halogens is 1. The Kier molecular flexibility index (Phi) is 4.90. The first-order valence-electron chi connectivity index (χ1n) is 8.49. The minimum Gasteiger partial charge on any atom is -0.328 e. The van der Waals surface area contributed by atoms with Crippen LogP contribution in [0.25, 0.3) is 11.3 Å². The van der Waals surface area contributed by atoms with Crippen LogP contribution in [0, 0.1) is 11.3 Å². The molecule has 6 nitrogen and oxygen atoms in total. The summed E-state index contributed by atoms with van der Waals surface area (Å²) in [5.74, 6) is -0.239. The molecule has 2 amide bonds. The maximum atomic E-state index is 12.0. The van der Waals surface area contributed by atoms with Crippen molar-refractivity contribution >= 4 is 34.7 Å². The molecule has 1 N–H and O–H groups in total. The fourth-order valence-corrected chi connectivity index (χ4v) is 4.47. The number of nitrogens with zero attached hydrogens (tertiary/aromatic N) is 4. The Bertz CT molecular complexity index is 1120. The van der Waals surface area contributed by atoms with E-state index in [4.69, 9.17) is 21.8 Å². The van der Waals surface area contributed by atoms with Crippen LogP contribution in [0.3, 0.4) is 0 Å². The first-order valence-corrected chi connectivity index (χ1v) is 9.74.